The number of carbonyl (C=O) groups excluding carboxylic acids is 1. The number of anilines is 1. The molecule has 0 bridgehead atoms. The van der Waals surface area contributed by atoms with Gasteiger partial charge in [0.2, 0.25) is 0 Å². The Morgan fingerprint density at radius 2 is 1.73 bits per heavy atom. The quantitative estimate of drug-likeness (QED) is 0.348. The average Bonchev–Trinajstić information content (AvgIpc) is 2.79. The normalized spacial score (nSPS) is 10.9. The second-order valence-corrected chi connectivity index (χ2v) is 7.24. The van der Waals surface area contributed by atoms with Gasteiger partial charge in [0.05, 0.1) is 10.7 Å². The van der Waals surface area contributed by atoms with Crippen molar-refractivity contribution in [1.29, 1.82) is 0 Å². The highest BCUT2D eigenvalue weighted by Crippen LogP contribution is 2.35. The summed E-state index contributed by atoms with van der Waals surface area (Å²) in [5.74, 6) is -0.694. The van der Waals surface area contributed by atoms with Gasteiger partial charge in [0.1, 0.15) is 17.1 Å². The van der Waals surface area contributed by atoms with Gasteiger partial charge in [0.15, 0.2) is 6.61 Å². The Kier molecular flexibility index (Phi) is 6.55. The lowest BCUT2D eigenvalue weighted by Gasteiger charge is -2.13. The molecule has 1 amide bonds. The van der Waals surface area contributed by atoms with Crippen molar-refractivity contribution in [2.24, 2.45) is 0 Å². The van der Waals surface area contributed by atoms with Crippen molar-refractivity contribution in [1.82, 2.24) is 0 Å². The summed E-state index contributed by atoms with van der Waals surface area (Å²) < 4.78 is 40.2. The topological polar surface area (TPSA) is 77.8 Å². The average molecular weight is 472 g/mol. The van der Waals surface area contributed by atoms with Gasteiger partial charge in [0, 0.05) is 17.5 Å². The number of carbonyl (C=O) groups is 1. The Bertz CT molecular complexity index is 1360. The van der Waals surface area contributed by atoms with Crippen LogP contribution in [-0.2, 0) is 4.79 Å². The number of benzene rings is 3. The molecule has 1 aromatic heterocycles. The maximum Gasteiger partial charge on any atom is 0.387 e. The largest absolute Gasteiger partial charge is 0.482 e. The lowest BCUT2D eigenvalue weighted by atomic mass is 10.0. The van der Waals surface area contributed by atoms with Gasteiger partial charge in [-0.1, -0.05) is 54.1 Å². The number of fused-ring (bicyclic) bond motifs is 1. The third kappa shape index (κ3) is 5.30. The number of ether oxygens (including phenoxy) is 2. The predicted molar refractivity (Wildman–Crippen MR) is 120 cm³/mol. The zero-order chi connectivity index (χ0) is 23.4. The zero-order valence-electron chi connectivity index (χ0n) is 16.9. The molecule has 6 nitrogen and oxygen atoms in total. The first-order valence-corrected chi connectivity index (χ1v) is 10.1. The fraction of sp³-hybridized carbons (Fsp3) is 0.0833. The molecule has 0 saturated carbocycles. The minimum absolute atomic E-state index is 0.0644. The number of rotatable bonds is 7. The van der Waals surface area contributed by atoms with Crippen LogP contribution in [0.3, 0.4) is 0 Å². The molecule has 0 atom stereocenters. The number of halogens is 3. The van der Waals surface area contributed by atoms with Gasteiger partial charge in [-0.25, -0.2) is 4.79 Å². The molecule has 0 aliphatic heterocycles. The van der Waals surface area contributed by atoms with E-state index in [1.54, 1.807) is 12.1 Å². The second-order valence-electron chi connectivity index (χ2n) is 6.84. The molecule has 1 N–H and O–H groups in total. The van der Waals surface area contributed by atoms with Crippen molar-refractivity contribution in [2.75, 3.05) is 11.9 Å². The molecule has 168 valence electrons. The van der Waals surface area contributed by atoms with E-state index in [0.29, 0.717) is 10.9 Å². The van der Waals surface area contributed by atoms with Crippen molar-refractivity contribution in [3.8, 4) is 22.6 Å². The van der Waals surface area contributed by atoms with Crippen LogP contribution in [0.2, 0.25) is 5.02 Å². The van der Waals surface area contributed by atoms with Gasteiger partial charge in [-0.15, -0.1) is 0 Å². The van der Waals surface area contributed by atoms with Crippen LogP contribution in [0.5, 0.6) is 11.5 Å². The first-order valence-electron chi connectivity index (χ1n) is 9.70. The molecule has 4 aromatic rings. The smallest absolute Gasteiger partial charge is 0.387 e. The molecule has 4 rings (SSSR count). The second kappa shape index (κ2) is 9.70. The van der Waals surface area contributed by atoms with Gasteiger partial charge in [0.25, 0.3) is 5.91 Å². The van der Waals surface area contributed by atoms with E-state index in [9.17, 15) is 18.4 Å². The highest BCUT2D eigenvalue weighted by Gasteiger charge is 2.15. The van der Waals surface area contributed by atoms with Crippen LogP contribution in [0.4, 0.5) is 14.5 Å². The van der Waals surface area contributed by atoms with Crippen molar-refractivity contribution in [3.63, 3.8) is 0 Å². The van der Waals surface area contributed by atoms with Crippen LogP contribution in [0.25, 0.3) is 22.1 Å². The lowest BCUT2D eigenvalue weighted by Crippen LogP contribution is -2.21. The van der Waals surface area contributed by atoms with E-state index in [4.69, 9.17) is 20.8 Å². The van der Waals surface area contributed by atoms with Crippen molar-refractivity contribution < 1.29 is 27.5 Å². The fourth-order valence-electron chi connectivity index (χ4n) is 3.23. The van der Waals surface area contributed by atoms with Crippen LogP contribution >= 0.6 is 11.6 Å². The number of amides is 1. The summed E-state index contributed by atoms with van der Waals surface area (Å²) in [7, 11) is 0. The van der Waals surface area contributed by atoms with Crippen LogP contribution in [0.1, 0.15) is 0 Å². The standard InChI is InChI=1S/C24H16ClF2NO5/c25-17-10-16-15(14-6-2-1-3-7-14)11-23(30)32-20(16)12-21(17)31-13-22(29)28-18-8-4-5-9-19(18)33-24(26)27/h1-12,24H,13H2,(H,28,29). The maximum absolute atomic E-state index is 12.5. The van der Waals surface area contributed by atoms with Crippen molar-refractivity contribution in [3.05, 3.63) is 88.2 Å². The third-order valence-corrected chi connectivity index (χ3v) is 4.91. The predicted octanol–water partition coefficient (Wildman–Crippen LogP) is 5.73. The molecular formula is C24H16ClF2NO5. The Balaban J connectivity index is 1.55. The Morgan fingerprint density at radius 1 is 1.00 bits per heavy atom. The molecule has 0 saturated heterocycles. The summed E-state index contributed by atoms with van der Waals surface area (Å²) in [4.78, 5) is 24.4. The van der Waals surface area contributed by atoms with Gasteiger partial charge in [-0.2, -0.15) is 8.78 Å². The van der Waals surface area contributed by atoms with E-state index < -0.39 is 24.8 Å². The lowest BCUT2D eigenvalue weighted by molar-refractivity contribution is -0.118. The number of hydrogen-bond donors (Lipinski definition) is 1. The number of nitrogens with one attached hydrogen (secondary N) is 1. The molecule has 33 heavy (non-hydrogen) atoms. The van der Waals surface area contributed by atoms with Gasteiger partial charge in [-0.3, -0.25) is 4.79 Å². The van der Waals surface area contributed by atoms with Crippen LogP contribution in [0.15, 0.2) is 82.0 Å². The highest BCUT2D eigenvalue weighted by atomic mass is 35.5. The highest BCUT2D eigenvalue weighted by molar-refractivity contribution is 6.33. The molecule has 0 unspecified atom stereocenters. The Morgan fingerprint density at radius 3 is 2.48 bits per heavy atom. The Hall–Kier alpha value is -3.91. The molecule has 0 aliphatic carbocycles. The van der Waals surface area contributed by atoms with Crippen LogP contribution in [-0.4, -0.2) is 19.1 Å². The minimum atomic E-state index is -3.04. The zero-order valence-corrected chi connectivity index (χ0v) is 17.6. The van der Waals surface area contributed by atoms with Crippen LogP contribution in [0, 0.1) is 0 Å². The monoisotopic (exact) mass is 471 g/mol. The molecule has 0 fully saturated rings. The van der Waals surface area contributed by atoms with E-state index in [1.165, 1.54) is 30.3 Å². The summed E-state index contributed by atoms with van der Waals surface area (Å²) in [6.07, 6.45) is 0. The molecule has 0 aliphatic rings. The molecule has 0 spiro atoms. The molecule has 1 heterocycles. The molecule has 9 heteroatoms. The first-order chi connectivity index (χ1) is 15.9. The summed E-state index contributed by atoms with van der Waals surface area (Å²) in [5.41, 5.74) is 1.20. The molecule has 0 radical (unpaired) electrons. The van der Waals surface area contributed by atoms with E-state index in [2.05, 4.69) is 10.1 Å². The van der Waals surface area contributed by atoms with E-state index in [0.717, 1.165) is 5.56 Å². The summed E-state index contributed by atoms with van der Waals surface area (Å²) >= 11 is 6.35. The van der Waals surface area contributed by atoms with Crippen LogP contribution < -0.4 is 20.4 Å². The van der Waals surface area contributed by atoms with Crippen molar-refractivity contribution >= 4 is 34.2 Å². The minimum Gasteiger partial charge on any atom is -0.482 e. The van der Waals surface area contributed by atoms with E-state index >= 15 is 0 Å². The van der Waals surface area contributed by atoms with E-state index in [-0.39, 0.29) is 27.8 Å². The van der Waals surface area contributed by atoms with E-state index in [1.807, 2.05) is 30.3 Å². The van der Waals surface area contributed by atoms with Gasteiger partial charge in [-0.05, 0) is 29.3 Å². The fourth-order valence-corrected chi connectivity index (χ4v) is 3.45. The van der Waals surface area contributed by atoms with Gasteiger partial charge < -0.3 is 19.2 Å². The first kappa shape index (κ1) is 22.3. The number of alkyl halides is 2. The maximum atomic E-state index is 12.5. The molecular weight excluding hydrogens is 456 g/mol. The SMILES string of the molecule is O=C(COc1cc2oc(=O)cc(-c3ccccc3)c2cc1Cl)Nc1ccccc1OC(F)F. The number of hydrogen-bond acceptors (Lipinski definition) is 5. The molecule has 3 aromatic carbocycles. The van der Waals surface area contributed by atoms with Crippen molar-refractivity contribution in [2.45, 2.75) is 6.61 Å². The summed E-state index contributed by atoms with van der Waals surface area (Å²) in [5, 5.41) is 3.24. The van der Waals surface area contributed by atoms with Gasteiger partial charge >= 0.3 is 12.2 Å². The summed E-state index contributed by atoms with van der Waals surface area (Å²) in [6, 6.07) is 19.4. The Labute approximate surface area is 191 Å². The third-order valence-electron chi connectivity index (χ3n) is 4.62. The number of para-hydroxylation sites is 2. The summed E-state index contributed by atoms with van der Waals surface area (Å²) in [6.45, 7) is -3.51.